The highest BCUT2D eigenvalue weighted by atomic mass is 32.1. The first-order valence-corrected chi connectivity index (χ1v) is 5.53. The summed E-state index contributed by atoms with van der Waals surface area (Å²) in [6, 6.07) is 5.98. The lowest BCUT2D eigenvalue weighted by Gasteiger charge is -1.97. The Bertz CT molecular complexity index is 409. The third-order valence-electron chi connectivity index (χ3n) is 1.71. The van der Waals surface area contributed by atoms with Crippen LogP contribution in [0.2, 0.25) is 0 Å². The van der Waals surface area contributed by atoms with Crippen LogP contribution in [0.15, 0.2) is 18.2 Å². The highest BCUT2D eigenvalue weighted by Crippen LogP contribution is 2.28. The molecule has 0 atom stereocenters. The second-order valence-corrected chi connectivity index (χ2v) is 3.77. The monoisotopic (exact) mass is 209 g/mol. The Balaban J connectivity index is 0.000000461. The minimum Gasteiger partial charge on any atom is -0.494 e. The van der Waals surface area contributed by atoms with E-state index in [9.17, 15) is 0 Å². The topological polar surface area (TPSA) is 22.1 Å². The molecule has 0 bridgehead atoms. The van der Waals surface area contributed by atoms with Gasteiger partial charge in [0.25, 0.3) is 0 Å². The molecule has 3 heteroatoms. The van der Waals surface area contributed by atoms with Gasteiger partial charge in [0.1, 0.15) is 11.3 Å². The Morgan fingerprint density at radius 3 is 2.64 bits per heavy atom. The number of para-hydroxylation sites is 1. The fraction of sp³-hybridized carbons (Fsp3) is 0.364. The molecule has 0 amide bonds. The van der Waals surface area contributed by atoms with Gasteiger partial charge in [-0.3, -0.25) is 0 Å². The van der Waals surface area contributed by atoms with Crippen LogP contribution in [-0.2, 0) is 0 Å². The zero-order valence-electron chi connectivity index (χ0n) is 9.00. The second kappa shape index (κ2) is 4.96. The maximum absolute atomic E-state index is 5.18. The van der Waals surface area contributed by atoms with E-state index < -0.39 is 0 Å². The summed E-state index contributed by atoms with van der Waals surface area (Å²) in [6.07, 6.45) is 0. The van der Waals surface area contributed by atoms with Gasteiger partial charge in [0.05, 0.1) is 16.8 Å². The number of benzene rings is 1. The molecule has 1 aromatic heterocycles. The van der Waals surface area contributed by atoms with Crippen LogP contribution in [0.25, 0.3) is 10.2 Å². The number of aryl methyl sites for hydroxylation is 1. The summed E-state index contributed by atoms with van der Waals surface area (Å²) < 4.78 is 6.37. The number of aromatic nitrogens is 1. The van der Waals surface area contributed by atoms with Gasteiger partial charge in [-0.1, -0.05) is 19.9 Å². The first-order valence-electron chi connectivity index (χ1n) is 4.71. The first-order chi connectivity index (χ1) is 6.81. The fourth-order valence-electron chi connectivity index (χ4n) is 1.20. The standard InChI is InChI=1S/C9H9NOS.C2H6/c1-6-10-9-7(11-2)4-3-5-8(9)12-6;1-2/h3-5H,1-2H3;1-2H3. The number of nitrogens with zero attached hydrogens (tertiary/aromatic N) is 1. The number of rotatable bonds is 1. The van der Waals surface area contributed by atoms with Crippen molar-refractivity contribution in [2.24, 2.45) is 0 Å². The van der Waals surface area contributed by atoms with E-state index >= 15 is 0 Å². The van der Waals surface area contributed by atoms with E-state index in [-0.39, 0.29) is 0 Å². The summed E-state index contributed by atoms with van der Waals surface area (Å²) in [7, 11) is 1.67. The minimum absolute atomic E-state index is 0.858. The molecule has 2 nitrogen and oxygen atoms in total. The van der Waals surface area contributed by atoms with Crippen molar-refractivity contribution in [1.29, 1.82) is 0 Å². The third-order valence-corrected chi connectivity index (χ3v) is 2.64. The van der Waals surface area contributed by atoms with Gasteiger partial charge < -0.3 is 4.74 Å². The fourth-order valence-corrected chi connectivity index (χ4v) is 2.04. The Hall–Kier alpha value is -1.09. The Labute approximate surface area is 88.6 Å². The van der Waals surface area contributed by atoms with Gasteiger partial charge in [-0.15, -0.1) is 11.3 Å². The molecule has 76 valence electrons. The van der Waals surface area contributed by atoms with Crippen LogP contribution in [0.1, 0.15) is 18.9 Å². The molecule has 0 saturated carbocycles. The maximum Gasteiger partial charge on any atom is 0.145 e. The summed E-state index contributed by atoms with van der Waals surface area (Å²) in [5.41, 5.74) is 0.975. The predicted octanol–water partition coefficient (Wildman–Crippen LogP) is 3.64. The molecule has 0 radical (unpaired) electrons. The van der Waals surface area contributed by atoms with Crippen LogP contribution in [0.4, 0.5) is 0 Å². The number of ether oxygens (including phenoxy) is 1. The van der Waals surface area contributed by atoms with Crippen LogP contribution in [-0.4, -0.2) is 12.1 Å². The van der Waals surface area contributed by atoms with Crippen molar-refractivity contribution < 1.29 is 4.74 Å². The van der Waals surface area contributed by atoms with E-state index in [2.05, 4.69) is 11.1 Å². The van der Waals surface area contributed by atoms with Gasteiger partial charge in [-0.2, -0.15) is 0 Å². The molecule has 0 saturated heterocycles. The van der Waals surface area contributed by atoms with Gasteiger partial charge in [0.15, 0.2) is 0 Å². The van der Waals surface area contributed by atoms with E-state index in [4.69, 9.17) is 4.74 Å². The van der Waals surface area contributed by atoms with Gasteiger partial charge >= 0.3 is 0 Å². The number of thiazole rings is 1. The van der Waals surface area contributed by atoms with E-state index in [0.29, 0.717) is 0 Å². The summed E-state index contributed by atoms with van der Waals surface area (Å²) >= 11 is 1.69. The molecule has 1 heterocycles. The molecular formula is C11H15NOS. The number of methoxy groups -OCH3 is 1. The Kier molecular flexibility index (Phi) is 3.89. The van der Waals surface area contributed by atoms with Crippen molar-refractivity contribution >= 4 is 21.6 Å². The first kappa shape index (κ1) is 11.0. The molecule has 0 N–H and O–H groups in total. The smallest absolute Gasteiger partial charge is 0.145 e. The second-order valence-electron chi connectivity index (χ2n) is 2.54. The highest BCUT2D eigenvalue weighted by Gasteiger charge is 2.04. The van der Waals surface area contributed by atoms with Crippen molar-refractivity contribution in [3.63, 3.8) is 0 Å². The van der Waals surface area contributed by atoms with Gasteiger partial charge in [-0.25, -0.2) is 4.98 Å². The summed E-state index contributed by atoms with van der Waals surface area (Å²) in [4.78, 5) is 4.38. The van der Waals surface area contributed by atoms with E-state index in [1.165, 1.54) is 4.70 Å². The molecule has 0 aliphatic rings. The lowest BCUT2D eigenvalue weighted by atomic mass is 10.3. The quantitative estimate of drug-likeness (QED) is 0.715. The van der Waals surface area contributed by atoms with Crippen molar-refractivity contribution in [2.75, 3.05) is 7.11 Å². The molecular weight excluding hydrogens is 194 g/mol. The van der Waals surface area contributed by atoms with Crippen molar-refractivity contribution in [3.05, 3.63) is 23.2 Å². The molecule has 1 aromatic carbocycles. The lowest BCUT2D eigenvalue weighted by Crippen LogP contribution is -1.83. The van der Waals surface area contributed by atoms with E-state index in [1.807, 2.05) is 32.9 Å². The van der Waals surface area contributed by atoms with Crippen molar-refractivity contribution in [2.45, 2.75) is 20.8 Å². The zero-order chi connectivity index (χ0) is 10.6. The van der Waals surface area contributed by atoms with Crippen molar-refractivity contribution in [1.82, 2.24) is 4.98 Å². The van der Waals surface area contributed by atoms with Gasteiger partial charge in [0.2, 0.25) is 0 Å². The lowest BCUT2D eigenvalue weighted by molar-refractivity contribution is 0.419. The highest BCUT2D eigenvalue weighted by molar-refractivity contribution is 7.18. The summed E-state index contributed by atoms with van der Waals surface area (Å²) in [5.74, 6) is 0.858. The molecule has 0 aliphatic carbocycles. The van der Waals surface area contributed by atoms with Crippen LogP contribution < -0.4 is 4.74 Å². The average molecular weight is 209 g/mol. The molecule has 0 spiro atoms. The third kappa shape index (κ3) is 2.04. The number of hydrogen-bond acceptors (Lipinski definition) is 3. The number of fused-ring (bicyclic) bond motifs is 1. The molecule has 2 aromatic rings. The minimum atomic E-state index is 0.858. The molecule has 0 unspecified atom stereocenters. The molecule has 0 fully saturated rings. The average Bonchev–Trinajstić information content (AvgIpc) is 2.60. The van der Waals surface area contributed by atoms with Crippen LogP contribution >= 0.6 is 11.3 Å². The number of hydrogen-bond donors (Lipinski definition) is 0. The molecule has 2 rings (SSSR count). The maximum atomic E-state index is 5.18. The molecule has 14 heavy (non-hydrogen) atoms. The van der Waals surface area contributed by atoms with E-state index in [1.54, 1.807) is 18.4 Å². The summed E-state index contributed by atoms with van der Waals surface area (Å²) in [6.45, 7) is 6.00. The van der Waals surface area contributed by atoms with Crippen molar-refractivity contribution in [3.8, 4) is 5.75 Å². The van der Waals surface area contributed by atoms with E-state index in [0.717, 1.165) is 16.3 Å². The Morgan fingerprint density at radius 2 is 2.00 bits per heavy atom. The summed E-state index contributed by atoms with van der Waals surface area (Å²) in [5, 5.41) is 1.08. The SMILES string of the molecule is CC.COc1cccc2sc(C)nc12. The largest absolute Gasteiger partial charge is 0.494 e. The van der Waals surface area contributed by atoms with Gasteiger partial charge in [-0.05, 0) is 19.1 Å². The predicted molar refractivity (Wildman–Crippen MR) is 62.3 cm³/mol. The van der Waals surface area contributed by atoms with Crippen LogP contribution in [0.3, 0.4) is 0 Å². The molecule has 0 aliphatic heterocycles. The Morgan fingerprint density at radius 1 is 1.29 bits per heavy atom. The normalized spacial score (nSPS) is 9.43. The van der Waals surface area contributed by atoms with Crippen LogP contribution in [0, 0.1) is 6.92 Å². The zero-order valence-corrected chi connectivity index (χ0v) is 9.81. The van der Waals surface area contributed by atoms with Gasteiger partial charge in [0, 0.05) is 0 Å². The van der Waals surface area contributed by atoms with Crippen LogP contribution in [0.5, 0.6) is 5.75 Å².